The Morgan fingerprint density at radius 3 is 2.64 bits per heavy atom. The molecule has 1 aromatic rings. The van der Waals surface area contributed by atoms with Crippen LogP contribution in [0.4, 0.5) is 13.2 Å². The van der Waals surface area contributed by atoms with Crippen LogP contribution in [0.25, 0.3) is 5.76 Å². The third-order valence-electron chi connectivity index (χ3n) is 2.42. The standard InChI is InChI=1S/C12H9F3N2O4S/c13-12(14,15)21-11-8(9-4-5-17-6-7-20-9)2-1-3-10(11)22(16,18)19/h1-7H,(H2,16,18,19). The quantitative estimate of drug-likeness (QED) is 0.917. The van der Waals surface area contributed by atoms with Crippen molar-refractivity contribution in [3.63, 3.8) is 0 Å². The van der Waals surface area contributed by atoms with Gasteiger partial charge >= 0.3 is 6.36 Å². The van der Waals surface area contributed by atoms with Crippen molar-refractivity contribution in [2.45, 2.75) is 11.3 Å². The highest BCUT2D eigenvalue weighted by Gasteiger charge is 2.35. The predicted octanol–water partition coefficient (Wildman–Crippen LogP) is 2.15. The van der Waals surface area contributed by atoms with E-state index in [1.54, 1.807) is 0 Å². The number of ether oxygens (including phenoxy) is 2. The van der Waals surface area contributed by atoms with Gasteiger partial charge in [-0.2, -0.15) is 0 Å². The number of aliphatic imine (C=N–C) groups is 1. The Hall–Kier alpha value is -2.33. The molecule has 118 valence electrons. The molecule has 0 saturated carbocycles. The molecule has 1 aliphatic heterocycles. The van der Waals surface area contributed by atoms with E-state index in [1.807, 2.05) is 0 Å². The second kappa shape index (κ2) is 5.81. The van der Waals surface area contributed by atoms with Gasteiger partial charge in [0.1, 0.15) is 16.9 Å². The summed E-state index contributed by atoms with van der Waals surface area (Å²) in [4.78, 5) is 2.90. The topological polar surface area (TPSA) is 91.0 Å². The van der Waals surface area contributed by atoms with Crippen molar-refractivity contribution in [3.05, 3.63) is 42.3 Å². The maximum absolute atomic E-state index is 12.6. The average Bonchev–Trinajstić information content (AvgIpc) is 2.64. The monoisotopic (exact) mass is 334 g/mol. The van der Waals surface area contributed by atoms with E-state index in [9.17, 15) is 21.6 Å². The van der Waals surface area contributed by atoms with Gasteiger partial charge in [-0.3, -0.25) is 4.99 Å². The Kier molecular flexibility index (Phi) is 4.24. The second-order valence-corrected chi connectivity index (χ2v) is 5.49. The van der Waals surface area contributed by atoms with Crippen molar-refractivity contribution in [3.8, 4) is 5.75 Å². The van der Waals surface area contributed by atoms with Gasteiger partial charge in [0.25, 0.3) is 0 Å². The zero-order valence-electron chi connectivity index (χ0n) is 10.7. The molecular weight excluding hydrogens is 325 g/mol. The maximum atomic E-state index is 12.6. The van der Waals surface area contributed by atoms with Gasteiger partial charge < -0.3 is 9.47 Å². The highest BCUT2D eigenvalue weighted by atomic mass is 32.2. The molecule has 0 unspecified atom stereocenters. The van der Waals surface area contributed by atoms with Crippen LogP contribution in [-0.2, 0) is 14.8 Å². The lowest BCUT2D eigenvalue weighted by Gasteiger charge is -2.17. The van der Waals surface area contributed by atoms with Crippen LogP contribution in [0.1, 0.15) is 5.56 Å². The number of halogens is 3. The van der Waals surface area contributed by atoms with Crippen molar-refractivity contribution in [2.24, 2.45) is 10.1 Å². The first-order chi connectivity index (χ1) is 10.2. The van der Waals surface area contributed by atoms with E-state index in [4.69, 9.17) is 9.88 Å². The van der Waals surface area contributed by atoms with Gasteiger partial charge in [-0.05, 0) is 18.2 Å². The summed E-state index contributed by atoms with van der Waals surface area (Å²) in [5, 5.41) is 4.93. The van der Waals surface area contributed by atoms with Crippen LogP contribution in [0.15, 0.2) is 46.6 Å². The molecule has 0 aromatic heterocycles. The van der Waals surface area contributed by atoms with Crippen LogP contribution in [0, 0.1) is 0 Å². The number of rotatable bonds is 3. The fraction of sp³-hybridized carbons (Fsp3) is 0.0833. The summed E-state index contributed by atoms with van der Waals surface area (Å²) >= 11 is 0. The summed E-state index contributed by atoms with van der Waals surface area (Å²) in [5.41, 5.74) is -0.234. The van der Waals surface area contributed by atoms with Gasteiger partial charge in [-0.25, -0.2) is 13.6 Å². The van der Waals surface area contributed by atoms with E-state index < -0.39 is 27.0 Å². The first kappa shape index (κ1) is 16.0. The zero-order chi connectivity index (χ0) is 16.4. The number of alkyl halides is 3. The first-order valence-electron chi connectivity index (χ1n) is 5.65. The molecular formula is C12H9F3N2O4S. The predicted molar refractivity (Wildman–Crippen MR) is 71.2 cm³/mol. The normalized spacial score (nSPS) is 15.0. The van der Waals surface area contributed by atoms with Crippen LogP contribution in [-0.4, -0.2) is 21.0 Å². The maximum Gasteiger partial charge on any atom is 0.573 e. The lowest BCUT2D eigenvalue weighted by Crippen LogP contribution is -2.22. The lowest BCUT2D eigenvalue weighted by atomic mass is 10.1. The van der Waals surface area contributed by atoms with E-state index in [1.165, 1.54) is 30.6 Å². The summed E-state index contributed by atoms with van der Waals surface area (Å²) in [6, 6.07) is 3.32. The first-order valence-corrected chi connectivity index (χ1v) is 7.20. The SMILES string of the molecule is NS(=O)(=O)c1cccc(C2=CC=NC=CO2)c1OC(F)(F)F. The number of nitrogens with two attached hydrogens (primary N) is 1. The number of hydrogen-bond donors (Lipinski definition) is 1. The summed E-state index contributed by atoms with van der Waals surface area (Å²) in [7, 11) is -4.44. The molecule has 0 saturated heterocycles. The summed E-state index contributed by atoms with van der Waals surface area (Å²) in [5.74, 6) is -1.05. The molecule has 6 nitrogen and oxygen atoms in total. The minimum Gasteiger partial charge on any atom is -0.463 e. The van der Waals surface area contributed by atoms with Gasteiger partial charge in [-0.15, -0.1) is 13.2 Å². The molecule has 22 heavy (non-hydrogen) atoms. The van der Waals surface area contributed by atoms with Crippen molar-refractivity contribution in [1.82, 2.24) is 0 Å². The molecule has 1 aromatic carbocycles. The minimum atomic E-state index is -5.11. The molecule has 10 heteroatoms. The molecule has 1 heterocycles. The third kappa shape index (κ3) is 3.86. The number of primary sulfonamides is 1. The molecule has 2 rings (SSSR count). The molecule has 1 aliphatic rings. The smallest absolute Gasteiger partial charge is 0.463 e. The van der Waals surface area contributed by atoms with E-state index in [2.05, 4.69) is 9.73 Å². The fourth-order valence-electron chi connectivity index (χ4n) is 1.65. The lowest BCUT2D eigenvalue weighted by molar-refractivity contribution is -0.275. The van der Waals surface area contributed by atoms with E-state index in [0.29, 0.717) is 0 Å². The molecule has 0 bridgehead atoms. The van der Waals surface area contributed by atoms with Crippen molar-refractivity contribution in [2.75, 3.05) is 0 Å². The Morgan fingerprint density at radius 1 is 1.27 bits per heavy atom. The highest BCUT2D eigenvalue weighted by molar-refractivity contribution is 7.89. The second-order valence-electron chi connectivity index (χ2n) is 3.96. The third-order valence-corrected chi connectivity index (χ3v) is 3.36. The van der Waals surface area contributed by atoms with Crippen LogP contribution in [0.3, 0.4) is 0 Å². The average molecular weight is 334 g/mol. The summed E-state index contributed by atoms with van der Waals surface area (Å²) in [6.07, 6.45) is -0.205. The van der Waals surface area contributed by atoms with Crippen molar-refractivity contribution in [1.29, 1.82) is 0 Å². The number of para-hydroxylation sites is 1. The molecule has 0 spiro atoms. The van der Waals surface area contributed by atoms with Crippen LogP contribution in [0.5, 0.6) is 5.75 Å². The highest BCUT2D eigenvalue weighted by Crippen LogP contribution is 2.36. The molecule has 0 fully saturated rings. The number of nitrogens with zero attached hydrogens (tertiary/aromatic N) is 1. The number of hydrogen-bond acceptors (Lipinski definition) is 5. The number of allylic oxidation sites excluding steroid dienone is 1. The van der Waals surface area contributed by atoms with E-state index in [-0.39, 0.29) is 11.3 Å². The van der Waals surface area contributed by atoms with Gasteiger partial charge in [0.15, 0.2) is 5.75 Å². The summed E-state index contributed by atoms with van der Waals surface area (Å²) < 4.78 is 69.6. The molecule has 0 amide bonds. The molecule has 0 aliphatic carbocycles. The molecule has 0 atom stereocenters. The van der Waals surface area contributed by atoms with Crippen LogP contribution < -0.4 is 9.88 Å². The van der Waals surface area contributed by atoms with E-state index >= 15 is 0 Å². The van der Waals surface area contributed by atoms with Crippen LogP contribution in [0.2, 0.25) is 0 Å². The van der Waals surface area contributed by atoms with Crippen LogP contribution >= 0.6 is 0 Å². The minimum absolute atomic E-state index is 0.0813. The molecule has 0 radical (unpaired) electrons. The van der Waals surface area contributed by atoms with Gasteiger partial charge in [0, 0.05) is 6.21 Å². The van der Waals surface area contributed by atoms with Gasteiger partial charge in [0.2, 0.25) is 10.0 Å². The van der Waals surface area contributed by atoms with Crippen molar-refractivity contribution >= 4 is 22.0 Å². The zero-order valence-corrected chi connectivity index (χ0v) is 11.6. The Morgan fingerprint density at radius 2 is 2.00 bits per heavy atom. The Bertz CT molecular complexity index is 767. The Balaban J connectivity index is 2.66. The molecule has 2 N–H and O–H groups in total. The number of sulfonamides is 1. The van der Waals surface area contributed by atoms with E-state index in [0.717, 1.165) is 12.3 Å². The summed E-state index contributed by atoms with van der Waals surface area (Å²) in [6.45, 7) is 0. The van der Waals surface area contributed by atoms with Gasteiger partial charge in [-0.1, -0.05) is 6.07 Å². The fourth-order valence-corrected chi connectivity index (χ4v) is 2.33. The van der Waals surface area contributed by atoms with Crippen molar-refractivity contribution < 1.29 is 31.1 Å². The number of benzene rings is 1. The van der Waals surface area contributed by atoms with Gasteiger partial charge in [0.05, 0.1) is 11.8 Å². The Labute approximate surface area is 123 Å². The largest absolute Gasteiger partial charge is 0.573 e.